The molecule has 1 aliphatic heterocycles. The number of aliphatic imine (C=N–C) groups is 1. The molecule has 0 radical (unpaired) electrons. The lowest BCUT2D eigenvalue weighted by Gasteiger charge is -2.26. The van der Waals surface area contributed by atoms with Gasteiger partial charge in [0.25, 0.3) is 0 Å². The van der Waals surface area contributed by atoms with Crippen LogP contribution in [0.5, 0.6) is 0 Å². The van der Waals surface area contributed by atoms with Gasteiger partial charge < -0.3 is 15.4 Å². The van der Waals surface area contributed by atoms with E-state index in [1.807, 2.05) is 0 Å². The molecule has 25 heavy (non-hydrogen) atoms. The molecule has 1 aromatic rings. The Morgan fingerprint density at radius 3 is 2.60 bits per heavy atom. The van der Waals surface area contributed by atoms with Crippen molar-refractivity contribution in [2.75, 3.05) is 46.4 Å². The van der Waals surface area contributed by atoms with Crippen molar-refractivity contribution in [1.82, 2.24) is 15.5 Å². The molecule has 1 aliphatic rings. The molecule has 0 aliphatic carbocycles. The van der Waals surface area contributed by atoms with Crippen LogP contribution in [0.4, 0.5) is 13.2 Å². The summed E-state index contributed by atoms with van der Waals surface area (Å²) in [6.07, 6.45) is -4.33. The summed E-state index contributed by atoms with van der Waals surface area (Å²) in [5.41, 5.74) is -0.0852. The van der Waals surface area contributed by atoms with Gasteiger partial charge in [0.05, 0.1) is 18.8 Å². The van der Waals surface area contributed by atoms with Crippen LogP contribution in [0.3, 0.4) is 0 Å². The number of nitrogens with zero attached hydrogens (tertiary/aromatic N) is 2. The lowest BCUT2D eigenvalue weighted by atomic mass is 10.1. The summed E-state index contributed by atoms with van der Waals surface area (Å²) in [7, 11) is 1.64. The van der Waals surface area contributed by atoms with E-state index in [9.17, 15) is 13.2 Å². The first kappa shape index (κ1) is 22.0. The van der Waals surface area contributed by atoms with Gasteiger partial charge in [0, 0.05) is 39.8 Å². The SMILES string of the molecule is CN=C(NCCN1CCOCC1)NCc1cccc(C(F)(F)F)c1.I. The van der Waals surface area contributed by atoms with E-state index in [-0.39, 0.29) is 30.5 Å². The third-order valence-corrected chi connectivity index (χ3v) is 3.76. The Balaban J connectivity index is 0.00000312. The second-order valence-electron chi connectivity index (χ2n) is 5.50. The molecule has 0 saturated carbocycles. The zero-order valence-corrected chi connectivity index (χ0v) is 16.4. The van der Waals surface area contributed by atoms with E-state index in [1.54, 1.807) is 13.1 Å². The molecule has 0 unspecified atom stereocenters. The number of hydrogen-bond acceptors (Lipinski definition) is 3. The minimum absolute atomic E-state index is 0. The predicted molar refractivity (Wildman–Crippen MR) is 102 cm³/mol. The van der Waals surface area contributed by atoms with Crippen LogP contribution in [0.2, 0.25) is 0 Å². The number of rotatable bonds is 5. The first-order valence-electron chi connectivity index (χ1n) is 7.90. The van der Waals surface area contributed by atoms with Crippen LogP contribution >= 0.6 is 24.0 Å². The fraction of sp³-hybridized carbons (Fsp3) is 0.562. The van der Waals surface area contributed by atoms with Gasteiger partial charge in [-0.15, -0.1) is 24.0 Å². The van der Waals surface area contributed by atoms with E-state index >= 15 is 0 Å². The van der Waals surface area contributed by atoms with E-state index in [1.165, 1.54) is 6.07 Å². The summed E-state index contributed by atoms with van der Waals surface area (Å²) in [5.74, 6) is 0.570. The normalized spacial score (nSPS) is 16.2. The van der Waals surface area contributed by atoms with Gasteiger partial charge in [-0.05, 0) is 17.7 Å². The van der Waals surface area contributed by atoms with Crippen molar-refractivity contribution in [1.29, 1.82) is 0 Å². The molecular weight excluding hydrogens is 448 g/mol. The number of benzene rings is 1. The van der Waals surface area contributed by atoms with Crippen molar-refractivity contribution in [3.8, 4) is 0 Å². The molecule has 2 rings (SSSR count). The number of nitrogens with one attached hydrogen (secondary N) is 2. The largest absolute Gasteiger partial charge is 0.416 e. The smallest absolute Gasteiger partial charge is 0.379 e. The monoisotopic (exact) mass is 472 g/mol. The zero-order chi connectivity index (χ0) is 17.4. The highest BCUT2D eigenvalue weighted by molar-refractivity contribution is 14.0. The Morgan fingerprint density at radius 2 is 1.96 bits per heavy atom. The number of hydrogen-bond donors (Lipinski definition) is 2. The number of guanidine groups is 1. The molecule has 0 amide bonds. The molecule has 0 spiro atoms. The van der Waals surface area contributed by atoms with E-state index in [0.29, 0.717) is 18.1 Å². The van der Waals surface area contributed by atoms with Gasteiger partial charge in [-0.2, -0.15) is 13.2 Å². The maximum atomic E-state index is 12.7. The Morgan fingerprint density at radius 1 is 1.24 bits per heavy atom. The second-order valence-corrected chi connectivity index (χ2v) is 5.50. The predicted octanol–water partition coefficient (Wildman–Crippen LogP) is 2.32. The van der Waals surface area contributed by atoms with Crippen LogP contribution in [0.1, 0.15) is 11.1 Å². The third kappa shape index (κ3) is 7.78. The fourth-order valence-electron chi connectivity index (χ4n) is 2.42. The average molecular weight is 472 g/mol. The highest BCUT2D eigenvalue weighted by Gasteiger charge is 2.30. The maximum Gasteiger partial charge on any atom is 0.416 e. The number of morpholine rings is 1. The minimum Gasteiger partial charge on any atom is -0.379 e. The standard InChI is InChI=1S/C16H23F3N4O.HI/c1-20-15(21-5-6-23-7-9-24-10-8-23)22-12-13-3-2-4-14(11-13)16(17,18)19;/h2-4,11H,5-10,12H2,1H3,(H2,20,21,22);1H. The topological polar surface area (TPSA) is 48.9 Å². The van der Waals surface area contributed by atoms with Gasteiger partial charge in [0.1, 0.15) is 0 Å². The van der Waals surface area contributed by atoms with Crippen molar-refractivity contribution in [3.05, 3.63) is 35.4 Å². The van der Waals surface area contributed by atoms with Gasteiger partial charge >= 0.3 is 6.18 Å². The Labute approximate surface area is 163 Å². The summed E-state index contributed by atoms with van der Waals surface area (Å²) in [4.78, 5) is 6.37. The molecule has 1 fully saturated rings. The number of halogens is 4. The first-order valence-corrected chi connectivity index (χ1v) is 7.90. The number of alkyl halides is 3. The molecule has 142 valence electrons. The van der Waals surface area contributed by atoms with E-state index in [2.05, 4.69) is 20.5 Å². The van der Waals surface area contributed by atoms with E-state index in [4.69, 9.17) is 4.74 Å². The zero-order valence-electron chi connectivity index (χ0n) is 14.1. The highest BCUT2D eigenvalue weighted by Crippen LogP contribution is 2.29. The summed E-state index contributed by atoms with van der Waals surface area (Å²) in [6, 6.07) is 5.28. The quantitative estimate of drug-likeness (QED) is 0.393. The maximum absolute atomic E-state index is 12.7. The lowest BCUT2D eigenvalue weighted by Crippen LogP contribution is -2.44. The van der Waals surface area contributed by atoms with Crippen molar-refractivity contribution < 1.29 is 17.9 Å². The van der Waals surface area contributed by atoms with Crippen molar-refractivity contribution in [2.24, 2.45) is 4.99 Å². The lowest BCUT2D eigenvalue weighted by molar-refractivity contribution is -0.137. The van der Waals surface area contributed by atoms with Crippen LogP contribution in [-0.4, -0.2) is 57.3 Å². The fourth-order valence-corrected chi connectivity index (χ4v) is 2.42. The third-order valence-electron chi connectivity index (χ3n) is 3.76. The summed E-state index contributed by atoms with van der Waals surface area (Å²) >= 11 is 0. The van der Waals surface area contributed by atoms with Crippen LogP contribution < -0.4 is 10.6 Å². The molecule has 1 aromatic carbocycles. The van der Waals surface area contributed by atoms with Crippen molar-refractivity contribution in [3.63, 3.8) is 0 Å². The molecular formula is C16H24F3IN4O. The van der Waals surface area contributed by atoms with Crippen molar-refractivity contribution >= 4 is 29.9 Å². The van der Waals surface area contributed by atoms with E-state index < -0.39 is 11.7 Å². The van der Waals surface area contributed by atoms with Crippen LogP contribution in [-0.2, 0) is 17.5 Å². The Kier molecular flexibility index (Phi) is 9.51. The van der Waals surface area contributed by atoms with Gasteiger partial charge in [-0.3, -0.25) is 9.89 Å². The molecule has 0 bridgehead atoms. The summed E-state index contributed by atoms with van der Waals surface area (Å²) in [6.45, 7) is 5.19. The summed E-state index contributed by atoms with van der Waals surface area (Å²) in [5, 5.41) is 6.20. The number of ether oxygens (including phenoxy) is 1. The van der Waals surface area contributed by atoms with Crippen LogP contribution in [0.25, 0.3) is 0 Å². The van der Waals surface area contributed by atoms with E-state index in [0.717, 1.165) is 45.0 Å². The molecule has 5 nitrogen and oxygen atoms in total. The highest BCUT2D eigenvalue weighted by atomic mass is 127. The van der Waals surface area contributed by atoms with Gasteiger partial charge in [0.15, 0.2) is 5.96 Å². The van der Waals surface area contributed by atoms with Gasteiger partial charge in [-0.25, -0.2) is 0 Å². The molecule has 1 saturated heterocycles. The molecule has 9 heteroatoms. The summed E-state index contributed by atoms with van der Waals surface area (Å²) < 4.78 is 43.4. The average Bonchev–Trinajstić information content (AvgIpc) is 2.58. The van der Waals surface area contributed by atoms with Gasteiger partial charge in [-0.1, -0.05) is 12.1 Å². The second kappa shape index (κ2) is 10.8. The van der Waals surface area contributed by atoms with Crippen LogP contribution in [0.15, 0.2) is 29.3 Å². The molecule has 0 aromatic heterocycles. The molecule has 0 atom stereocenters. The first-order chi connectivity index (χ1) is 11.5. The molecule has 1 heterocycles. The molecule has 2 N–H and O–H groups in total. The Bertz CT molecular complexity index is 548. The van der Waals surface area contributed by atoms with Crippen molar-refractivity contribution in [2.45, 2.75) is 12.7 Å². The van der Waals surface area contributed by atoms with Crippen LogP contribution in [0, 0.1) is 0 Å². The minimum atomic E-state index is -4.33. The Hall–Kier alpha value is -1.07. The van der Waals surface area contributed by atoms with Gasteiger partial charge in [0.2, 0.25) is 0 Å².